The van der Waals surface area contributed by atoms with Gasteiger partial charge in [0.25, 0.3) is 5.91 Å². The Kier molecular flexibility index (Phi) is 3.04. The normalized spacial score (nSPS) is 23.7. The maximum absolute atomic E-state index is 12.5. The van der Waals surface area contributed by atoms with Crippen LogP contribution in [0.25, 0.3) is 0 Å². The third-order valence-electron chi connectivity index (χ3n) is 4.21. The van der Waals surface area contributed by atoms with Crippen molar-refractivity contribution in [1.82, 2.24) is 24.9 Å². The first kappa shape index (κ1) is 13.2. The van der Waals surface area contributed by atoms with E-state index in [1.165, 1.54) is 12.3 Å². The van der Waals surface area contributed by atoms with Gasteiger partial charge in [-0.2, -0.15) is 0 Å². The Hall–Kier alpha value is -2.48. The minimum absolute atomic E-state index is 0.0817. The van der Waals surface area contributed by atoms with Crippen molar-refractivity contribution < 1.29 is 14.6 Å². The number of fused-ring (bicyclic) bond motifs is 3. The van der Waals surface area contributed by atoms with Crippen LogP contribution in [0.1, 0.15) is 28.6 Å². The first-order chi connectivity index (χ1) is 10.7. The van der Waals surface area contributed by atoms with Crippen molar-refractivity contribution in [1.29, 1.82) is 0 Å². The number of rotatable bonds is 1. The molecule has 0 unspecified atom stereocenters. The summed E-state index contributed by atoms with van der Waals surface area (Å²) in [6, 6.07) is 3.16. The molecule has 1 N–H and O–H groups in total. The second-order valence-corrected chi connectivity index (χ2v) is 5.50. The third-order valence-corrected chi connectivity index (χ3v) is 4.21. The SMILES string of the molecule is O=C(c1ncccc1O)N1CC[C@H]2[C@H](C1)OCc1cnnn12. The number of amides is 1. The number of nitrogens with zero attached hydrogens (tertiary/aromatic N) is 5. The summed E-state index contributed by atoms with van der Waals surface area (Å²) in [5.41, 5.74) is 1.04. The molecule has 2 aromatic rings. The van der Waals surface area contributed by atoms with Gasteiger partial charge in [-0.3, -0.25) is 4.79 Å². The molecular weight excluding hydrogens is 286 g/mol. The fourth-order valence-electron chi connectivity index (χ4n) is 3.08. The molecule has 0 saturated carbocycles. The molecule has 0 radical (unpaired) electrons. The van der Waals surface area contributed by atoms with E-state index in [9.17, 15) is 9.90 Å². The maximum Gasteiger partial charge on any atom is 0.276 e. The fraction of sp³-hybridized carbons (Fsp3) is 0.429. The molecule has 4 heterocycles. The lowest BCUT2D eigenvalue weighted by Crippen LogP contribution is -2.50. The van der Waals surface area contributed by atoms with Gasteiger partial charge in [0, 0.05) is 19.3 Å². The zero-order valence-electron chi connectivity index (χ0n) is 11.8. The summed E-state index contributed by atoms with van der Waals surface area (Å²) in [7, 11) is 0. The van der Waals surface area contributed by atoms with E-state index in [1.54, 1.807) is 17.2 Å². The Bertz CT molecular complexity index is 716. The minimum Gasteiger partial charge on any atom is -0.505 e. The first-order valence-corrected chi connectivity index (χ1v) is 7.18. The lowest BCUT2D eigenvalue weighted by molar-refractivity contribution is -0.0628. The molecule has 1 fully saturated rings. The van der Waals surface area contributed by atoms with Crippen LogP contribution in [-0.2, 0) is 11.3 Å². The molecule has 0 spiro atoms. The summed E-state index contributed by atoms with van der Waals surface area (Å²) < 4.78 is 7.73. The Morgan fingerprint density at radius 3 is 3.23 bits per heavy atom. The molecule has 0 aromatic carbocycles. The lowest BCUT2D eigenvalue weighted by atomic mass is 10.00. The van der Waals surface area contributed by atoms with Crippen molar-refractivity contribution >= 4 is 5.91 Å². The number of pyridine rings is 1. The van der Waals surface area contributed by atoms with Crippen molar-refractivity contribution in [3.63, 3.8) is 0 Å². The van der Waals surface area contributed by atoms with Gasteiger partial charge in [-0.25, -0.2) is 9.67 Å². The predicted octanol–water partition coefficient (Wildman–Crippen LogP) is 0.365. The number of hydrogen-bond acceptors (Lipinski definition) is 6. The van der Waals surface area contributed by atoms with Gasteiger partial charge < -0.3 is 14.7 Å². The van der Waals surface area contributed by atoms with Crippen LogP contribution in [0.2, 0.25) is 0 Å². The van der Waals surface area contributed by atoms with Crippen LogP contribution >= 0.6 is 0 Å². The summed E-state index contributed by atoms with van der Waals surface area (Å²) in [5, 5.41) is 17.8. The van der Waals surface area contributed by atoms with E-state index in [0.717, 1.165) is 12.1 Å². The second kappa shape index (κ2) is 5.06. The van der Waals surface area contributed by atoms with Crippen molar-refractivity contribution in [3.05, 3.63) is 35.9 Å². The summed E-state index contributed by atoms with van der Waals surface area (Å²) in [6.45, 7) is 1.47. The summed E-state index contributed by atoms with van der Waals surface area (Å²) in [5.74, 6) is -0.373. The summed E-state index contributed by atoms with van der Waals surface area (Å²) >= 11 is 0. The largest absolute Gasteiger partial charge is 0.505 e. The summed E-state index contributed by atoms with van der Waals surface area (Å²) in [6.07, 6.45) is 3.83. The highest BCUT2D eigenvalue weighted by Crippen LogP contribution is 2.31. The molecule has 4 rings (SSSR count). The molecule has 1 amide bonds. The van der Waals surface area contributed by atoms with E-state index in [-0.39, 0.29) is 29.5 Å². The Morgan fingerprint density at radius 2 is 2.36 bits per heavy atom. The number of aromatic nitrogens is 4. The molecule has 22 heavy (non-hydrogen) atoms. The second-order valence-electron chi connectivity index (χ2n) is 5.50. The topological polar surface area (TPSA) is 93.4 Å². The highest BCUT2D eigenvalue weighted by Gasteiger charge is 2.38. The van der Waals surface area contributed by atoms with Gasteiger partial charge in [0.2, 0.25) is 0 Å². The number of ether oxygens (including phenoxy) is 1. The number of aromatic hydroxyl groups is 1. The van der Waals surface area contributed by atoms with Gasteiger partial charge in [0.1, 0.15) is 5.75 Å². The quantitative estimate of drug-likeness (QED) is 0.817. The molecule has 2 atom stereocenters. The molecule has 2 aromatic heterocycles. The minimum atomic E-state index is -0.274. The van der Waals surface area contributed by atoms with Crippen LogP contribution < -0.4 is 0 Å². The number of hydrogen-bond donors (Lipinski definition) is 1. The Balaban J connectivity index is 1.54. The number of piperidine rings is 1. The van der Waals surface area contributed by atoms with E-state index in [0.29, 0.717) is 19.7 Å². The van der Waals surface area contributed by atoms with Gasteiger partial charge in [-0.15, -0.1) is 5.10 Å². The molecule has 2 aliphatic rings. The van der Waals surface area contributed by atoms with Crippen LogP contribution in [0.4, 0.5) is 0 Å². The molecule has 2 aliphatic heterocycles. The standard InChI is InChI=1S/C14H15N5O3/c20-11-2-1-4-15-13(11)14(21)18-5-3-10-12(7-18)22-8-9-6-16-17-19(9)10/h1-2,4,6,10,12,20H,3,5,7-8H2/t10-,12-/m0/s1. The van der Waals surface area contributed by atoms with Gasteiger partial charge >= 0.3 is 0 Å². The van der Waals surface area contributed by atoms with E-state index >= 15 is 0 Å². The van der Waals surface area contributed by atoms with Crippen LogP contribution in [0.3, 0.4) is 0 Å². The Morgan fingerprint density at radius 1 is 1.45 bits per heavy atom. The summed E-state index contributed by atoms with van der Waals surface area (Å²) in [4.78, 5) is 18.2. The van der Waals surface area contributed by atoms with E-state index in [2.05, 4.69) is 15.3 Å². The first-order valence-electron chi connectivity index (χ1n) is 7.18. The van der Waals surface area contributed by atoms with Crippen molar-refractivity contribution in [2.24, 2.45) is 0 Å². The lowest BCUT2D eigenvalue weighted by Gasteiger charge is -2.40. The molecular formula is C14H15N5O3. The van der Waals surface area contributed by atoms with Crippen molar-refractivity contribution in [3.8, 4) is 5.75 Å². The van der Waals surface area contributed by atoms with E-state index in [1.807, 2.05) is 4.68 Å². The van der Waals surface area contributed by atoms with Gasteiger partial charge in [0.15, 0.2) is 5.69 Å². The molecule has 114 valence electrons. The van der Waals surface area contributed by atoms with Crippen LogP contribution in [0.5, 0.6) is 5.75 Å². The monoisotopic (exact) mass is 301 g/mol. The number of carbonyl (C=O) groups is 1. The average molecular weight is 301 g/mol. The van der Waals surface area contributed by atoms with E-state index in [4.69, 9.17) is 4.74 Å². The number of likely N-dealkylation sites (tertiary alicyclic amines) is 1. The number of carbonyl (C=O) groups excluding carboxylic acids is 1. The fourth-order valence-corrected chi connectivity index (χ4v) is 3.08. The smallest absolute Gasteiger partial charge is 0.276 e. The maximum atomic E-state index is 12.5. The van der Waals surface area contributed by atoms with Crippen LogP contribution in [0.15, 0.2) is 24.5 Å². The highest BCUT2D eigenvalue weighted by molar-refractivity contribution is 5.94. The van der Waals surface area contributed by atoms with Crippen LogP contribution in [-0.4, -0.2) is 55.1 Å². The van der Waals surface area contributed by atoms with Gasteiger partial charge in [0.05, 0.1) is 30.6 Å². The van der Waals surface area contributed by atoms with Gasteiger partial charge in [-0.1, -0.05) is 5.21 Å². The molecule has 8 heteroatoms. The van der Waals surface area contributed by atoms with Gasteiger partial charge in [-0.05, 0) is 18.6 Å². The predicted molar refractivity (Wildman–Crippen MR) is 74.1 cm³/mol. The molecule has 0 aliphatic carbocycles. The zero-order valence-corrected chi connectivity index (χ0v) is 11.8. The van der Waals surface area contributed by atoms with Crippen LogP contribution in [0, 0.1) is 0 Å². The van der Waals surface area contributed by atoms with Crippen molar-refractivity contribution in [2.45, 2.75) is 25.2 Å². The zero-order chi connectivity index (χ0) is 15.1. The Labute approximate surface area is 126 Å². The average Bonchev–Trinajstić information content (AvgIpc) is 3.03. The molecule has 0 bridgehead atoms. The molecule has 1 saturated heterocycles. The third kappa shape index (κ3) is 2.03. The highest BCUT2D eigenvalue weighted by atomic mass is 16.5. The van der Waals surface area contributed by atoms with Crippen molar-refractivity contribution in [2.75, 3.05) is 13.1 Å². The van der Waals surface area contributed by atoms with E-state index < -0.39 is 0 Å². The molecule has 8 nitrogen and oxygen atoms in total.